The highest BCUT2D eigenvalue weighted by molar-refractivity contribution is 5.84. The normalized spacial score (nSPS) is 13.0. The zero-order valence-corrected chi connectivity index (χ0v) is 24.3. The van der Waals surface area contributed by atoms with Crippen molar-refractivity contribution in [3.8, 4) is 0 Å². The fourth-order valence-corrected chi connectivity index (χ4v) is 4.25. The molecule has 0 aromatic carbocycles. The summed E-state index contributed by atoms with van der Waals surface area (Å²) >= 11 is 0. The van der Waals surface area contributed by atoms with Crippen LogP contribution in [-0.4, -0.2) is 91.6 Å². The van der Waals surface area contributed by atoms with Gasteiger partial charge in [0.1, 0.15) is 11.2 Å². The van der Waals surface area contributed by atoms with Crippen LogP contribution >= 0.6 is 0 Å². The Morgan fingerprint density at radius 2 is 1.16 bits per heavy atom. The van der Waals surface area contributed by atoms with Crippen molar-refractivity contribution in [2.45, 2.75) is 97.8 Å². The van der Waals surface area contributed by atoms with Crippen molar-refractivity contribution < 1.29 is 44.2 Å². The average Bonchev–Trinajstić information content (AvgIpc) is 2.91. The molecule has 38 heavy (non-hydrogen) atoms. The number of ether oxygens (including phenoxy) is 3. The quantitative estimate of drug-likeness (QED) is 0.0897. The molecule has 0 bridgehead atoms. The highest BCUT2D eigenvalue weighted by Gasteiger charge is 2.36. The summed E-state index contributed by atoms with van der Waals surface area (Å²) < 4.78 is 16.8. The van der Waals surface area contributed by atoms with Gasteiger partial charge in [0.25, 0.3) is 0 Å². The van der Waals surface area contributed by atoms with E-state index in [9.17, 15) is 9.59 Å². The van der Waals surface area contributed by atoms with E-state index in [2.05, 4.69) is 0 Å². The molecular weight excluding hydrogens is 492 g/mol. The molecule has 1 unspecified atom stereocenters. The van der Waals surface area contributed by atoms with Crippen LogP contribution in [0.15, 0.2) is 0 Å². The zero-order valence-electron chi connectivity index (χ0n) is 24.3. The number of ketones is 1. The predicted octanol–water partition coefficient (Wildman–Crippen LogP) is 3.43. The lowest BCUT2D eigenvalue weighted by Gasteiger charge is -2.29. The summed E-state index contributed by atoms with van der Waals surface area (Å²) in [7, 11) is 0. The number of rotatable bonds is 27. The minimum absolute atomic E-state index is 0.00536. The molecule has 0 aliphatic heterocycles. The molecule has 226 valence electrons. The van der Waals surface area contributed by atoms with Crippen LogP contribution in [0.4, 0.5) is 0 Å². The first kappa shape index (κ1) is 36.9. The van der Waals surface area contributed by atoms with Crippen LogP contribution in [0.25, 0.3) is 0 Å². The molecule has 4 N–H and O–H groups in total. The van der Waals surface area contributed by atoms with E-state index in [1.54, 1.807) is 6.92 Å². The first-order valence-corrected chi connectivity index (χ1v) is 14.5. The molecule has 0 aromatic rings. The molecule has 0 rings (SSSR count). The van der Waals surface area contributed by atoms with Gasteiger partial charge in [-0.25, -0.2) is 0 Å². The summed E-state index contributed by atoms with van der Waals surface area (Å²) in [4.78, 5) is 26.2. The lowest BCUT2D eigenvalue weighted by Crippen LogP contribution is -2.40. The molecule has 9 heteroatoms. The minimum Gasteiger partial charge on any atom is -0.465 e. The molecule has 0 radical (unpaired) electrons. The van der Waals surface area contributed by atoms with E-state index < -0.39 is 16.8 Å². The van der Waals surface area contributed by atoms with Gasteiger partial charge in [-0.3, -0.25) is 9.59 Å². The summed E-state index contributed by atoms with van der Waals surface area (Å²) in [6, 6.07) is 0. The van der Waals surface area contributed by atoms with Gasteiger partial charge < -0.3 is 34.6 Å². The second-order valence-electron chi connectivity index (χ2n) is 11.1. The second kappa shape index (κ2) is 22.7. The van der Waals surface area contributed by atoms with Crippen molar-refractivity contribution in [2.24, 2.45) is 16.7 Å². The Balaban J connectivity index is 4.86. The van der Waals surface area contributed by atoms with Gasteiger partial charge >= 0.3 is 5.97 Å². The van der Waals surface area contributed by atoms with Crippen molar-refractivity contribution in [2.75, 3.05) is 59.5 Å². The Hall–Kier alpha value is -1.10. The van der Waals surface area contributed by atoms with Crippen molar-refractivity contribution >= 4 is 11.8 Å². The van der Waals surface area contributed by atoms with Crippen LogP contribution in [0.1, 0.15) is 97.8 Å². The van der Waals surface area contributed by atoms with Crippen molar-refractivity contribution in [1.29, 1.82) is 0 Å². The third-order valence-electron chi connectivity index (χ3n) is 7.04. The summed E-state index contributed by atoms with van der Waals surface area (Å²) in [5, 5.41) is 36.0. The second-order valence-corrected chi connectivity index (χ2v) is 11.1. The standard InChI is InChI=1S/C29H56O9/c1-25(12-13-26(34)28(2,14-6-4-8-16-30)15-7-5-9-17-31)22-38-27(35)29(3,23-36-20-10-18-32)24-37-21-11-19-33/h25,30-33H,4-24H2,1-3H3. The van der Waals surface area contributed by atoms with E-state index in [-0.39, 0.29) is 57.9 Å². The topological polar surface area (TPSA) is 143 Å². The third-order valence-corrected chi connectivity index (χ3v) is 7.04. The highest BCUT2D eigenvalue weighted by Crippen LogP contribution is 2.34. The van der Waals surface area contributed by atoms with E-state index in [4.69, 9.17) is 34.6 Å². The Bertz CT molecular complexity index is 523. The van der Waals surface area contributed by atoms with E-state index in [0.29, 0.717) is 38.9 Å². The SMILES string of the molecule is CC(CCC(=O)C(C)(CCCCCO)CCCCCO)COC(=O)C(C)(COCCCO)COCCCO. The molecular formula is C29H56O9. The number of unbranched alkanes of at least 4 members (excludes halogenated alkanes) is 4. The van der Waals surface area contributed by atoms with Crippen LogP contribution in [0, 0.1) is 16.7 Å². The number of aliphatic hydroxyl groups is 4. The van der Waals surface area contributed by atoms with Crippen molar-refractivity contribution in [3.63, 3.8) is 0 Å². The zero-order chi connectivity index (χ0) is 28.7. The lowest BCUT2D eigenvalue weighted by atomic mass is 9.74. The predicted molar refractivity (Wildman–Crippen MR) is 147 cm³/mol. The Morgan fingerprint density at radius 3 is 1.61 bits per heavy atom. The Morgan fingerprint density at radius 1 is 0.684 bits per heavy atom. The number of carbonyl (C=O) groups excluding carboxylic acids is 2. The lowest BCUT2D eigenvalue weighted by molar-refractivity contribution is -0.165. The molecule has 0 amide bonds. The van der Waals surface area contributed by atoms with Crippen LogP contribution in [-0.2, 0) is 23.8 Å². The van der Waals surface area contributed by atoms with Crippen molar-refractivity contribution in [1.82, 2.24) is 0 Å². The van der Waals surface area contributed by atoms with Gasteiger partial charge in [0.05, 0.1) is 19.8 Å². The number of carbonyl (C=O) groups is 2. The maximum atomic E-state index is 13.3. The number of Topliss-reactive ketones (excluding diaryl/α,β-unsaturated/α-hetero) is 1. The molecule has 0 aliphatic carbocycles. The Labute approximate surface area is 230 Å². The number of hydrogen-bond acceptors (Lipinski definition) is 9. The molecule has 0 spiro atoms. The van der Waals surface area contributed by atoms with Gasteiger partial charge in [0.15, 0.2) is 0 Å². The molecule has 0 aromatic heterocycles. The van der Waals surface area contributed by atoms with Gasteiger partial charge in [0, 0.05) is 51.5 Å². The van der Waals surface area contributed by atoms with Gasteiger partial charge in [-0.15, -0.1) is 0 Å². The maximum absolute atomic E-state index is 13.3. The van der Waals surface area contributed by atoms with Crippen LogP contribution in [0.3, 0.4) is 0 Å². The van der Waals surface area contributed by atoms with Crippen molar-refractivity contribution in [3.05, 3.63) is 0 Å². The van der Waals surface area contributed by atoms with Crippen LogP contribution < -0.4 is 0 Å². The summed E-state index contributed by atoms with van der Waals surface area (Å²) in [6.45, 7) is 7.12. The molecule has 1 atom stereocenters. The molecule has 0 aliphatic rings. The summed E-state index contributed by atoms with van der Waals surface area (Å²) in [5.74, 6) is -0.199. The van der Waals surface area contributed by atoms with Gasteiger partial charge in [-0.1, -0.05) is 39.5 Å². The van der Waals surface area contributed by atoms with Crippen LogP contribution in [0.5, 0.6) is 0 Å². The minimum atomic E-state index is -1.01. The van der Waals surface area contributed by atoms with Gasteiger partial charge in [-0.05, 0) is 57.8 Å². The first-order valence-electron chi connectivity index (χ1n) is 14.5. The van der Waals surface area contributed by atoms with Crippen LogP contribution in [0.2, 0.25) is 0 Å². The number of hydrogen-bond donors (Lipinski definition) is 4. The van der Waals surface area contributed by atoms with Gasteiger partial charge in [-0.2, -0.15) is 0 Å². The maximum Gasteiger partial charge on any atom is 0.316 e. The molecule has 9 nitrogen and oxygen atoms in total. The highest BCUT2D eigenvalue weighted by atomic mass is 16.5. The fourth-order valence-electron chi connectivity index (χ4n) is 4.25. The average molecular weight is 549 g/mol. The summed E-state index contributed by atoms with van der Waals surface area (Å²) in [5.41, 5.74) is -1.43. The Kier molecular flexibility index (Phi) is 22.0. The van der Waals surface area contributed by atoms with E-state index in [1.165, 1.54) is 0 Å². The molecule has 0 fully saturated rings. The van der Waals surface area contributed by atoms with E-state index >= 15 is 0 Å². The molecule has 0 saturated carbocycles. The number of aliphatic hydroxyl groups excluding tert-OH is 4. The third kappa shape index (κ3) is 16.8. The fraction of sp³-hybridized carbons (Fsp3) is 0.931. The molecule has 0 heterocycles. The number of esters is 1. The van der Waals surface area contributed by atoms with Gasteiger partial charge in [0.2, 0.25) is 0 Å². The first-order chi connectivity index (χ1) is 18.2. The summed E-state index contributed by atoms with van der Waals surface area (Å²) in [6.07, 6.45) is 8.65. The van der Waals surface area contributed by atoms with E-state index in [1.807, 2.05) is 13.8 Å². The largest absolute Gasteiger partial charge is 0.465 e. The monoisotopic (exact) mass is 548 g/mol. The van der Waals surface area contributed by atoms with E-state index in [0.717, 1.165) is 51.4 Å². The molecule has 0 saturated heterocycles. The smallest absolute Gasteiger partial charge is 0.316 e.